The van der Waals surface area contributed by atoms with Crippen molar-refractivity contribution in [2.45, 2.75) is 32.6 Å². The Morgan fingerprint density at radius 2 is 2.18 bits per heavy atom. The fourth-order valence-corrected chi connectivity index (χ4v) is 2.47. The van der Waals surface area contributed by atoms with Gasteiger partial charge in [-0.15, -0.1) is 0 Å². The van der Waals surface area contributed by atoms with E-state index in [2.05, 4.69) is 0 Å². The summed E-state index contributed by atoms with van der Waals surface area (Å²) in [5.74, 6) is 0.249. The minimum absolute atomic E-state index is 0.249. The molecule has 2 nitrogen and oxygen atoms in total. The zero-order chi connectivity index (χ0) is 8.32. The molecule has 64 valence electrons. The van der Waals surface area contributed by atoms with Crippen molar-refractivity contribution in [2.24, 2.45) is 0 Å². The van der Waals surface area contributed by atoms with Gasteiger partial charge in [-0.1, -0.05) is 13.0 Å². The Morgan fingerprint density at radius 1 is 1.45 bits per heavy atom. The lowest BCUT2D eigenvalue weighted by Gasteiger charge is -2.11. The molecule has 0 saturated heterocycles. The Bertz CT molecular complexity index is 249. The highest BCUT2D eigenvalue weighted by molar-refractivity contribution is 7.95. The molecule has 0 aromatic heterocycles. The molecule has 1 aliphatic carbocycles. The van der Waals surface area contributed by atoms with Crippen LogP contribution < -0.4 is 0 Å². The number of sulfone groups is 1. The van der Waals surface area contributed by atoms with Gasteiger partial charge in [0.1, 0.15) is 0 Å². The van der Waals surface area contributed by atoms with Crippen LogP contribution in [0.5, 0.6) is 0 Å². The summed E-state index contributed by atoms with van der Waals surface area (Å²) in [5, 5.41) is 0. The van der Waals surface area contributed by atoms with Gasteiger partial charge in [0, 0.05) is 4.91 Å². The highest BCUT2D eigenvalue weighted by Crippen LogP contribution is 2.22. The predicted molar refractivity (Wildman–Crippen MR) is 46.0 cm³/mol. The summed E-state index contributed by atoms with van der Waals surface area (Å²) in [6.45, 7) is 1.70. The van der Waals surface area contributed by atoms with Crippen LogP contribution in [0.2, 0.25) is 0 Å². The van der Waals surface area contributed by atoms with Crippen molar-refractivity contribution in [1.29, 1.82) is 0 Å². The smallest absolute Gasteiger partial charge is 0.173 e. The third-order valence-corrected chi connectivity index (χ3v) is 3.96. The lowest BCUT2D eigenvalue weighted by molar-refractivity contribution is 0.596. The van der Waals surface area contributed by atoms with E-state index in [0.717, 1.165) is 25.7 Å². The predicted octanol–water partition coefficient (Wildman–Crippen LogP) is 1.88. The SMILES string of the molecule is CCS(=O)(=O)C1=CCCCC1. The van der Waals surface area contributed by atoms with Crippen LogP contribution in [0.25, 0.3) is 0 Å². The summed E-state index contributed by atoms with van der Waals surface area (Å²) in [6.07, 6.45) is 5.75. The van der Waals surface area contributed by atoms with E-state index in [1.807, 2.05) is 6.08 Å². The summed E-state index contributed by atoms with van der Waals surface area (Å²) in [4.78, 5) is 0.672. The lowest BCUT2D eigenvalue weighted by Crippen LogP contribution is -2.08. The van der Waals surface area contributed by atoms with Gasteiger partial charge in [-0.05, 0) is 25.7 Å². The number of hydrogen-bond donors (Lipinski definition) is 0. The van der Waals surface area contributed by atoms with Crippen LogP contribution in [0.15, 0.2) is 11.0 Å². The molecule has 0 aliphatic heterocycles. The molecule has 11 heavy (non-hydrogen) atoms. The second-order valence-corrected chi connectivity index (χ2v) is 5.15. The molecule has 3 heteroatoms. The molecule has 0 aromatic rings. The standard InChI is InChI=1S/C8H14O2S/c1-2-11(9,10)8-6-4-3-5-7-8/h6H,2-5,7H2,1H3. The largest absolute Gasteiger partial charge is 0.224 e. The van der Waals surface area contributed by atoms with Crippen molar-refractivity contribution in [3.8, 4) is 0 Å². The Kier molecular flexibility index (Phi) is 2.71. The first-order valence-electron chi connectivity index (χ1n) is 4.08. The molecule has 1 aliphatic rings. The minimum atomic E-state index is -2.86. The fraction of sp³-hybridized carbons (Fsp3) is 0.750. The van der Waals surface area contributed by atoms with Crippen molar-refractivity contribution in [2.75, 3.05) is 5.75 Å². The maximum atomic E-state index is 11.3. The first-order valence-corrected chi connectivity index (χ1v) is 5.74. The Hall–Kier alpha value is -0.310. The number of allylic oxidation sites excluding steroid dienone is 2. The maximum absolute atomic E-state index is 11.3. The molecule has 0 radical (unpaired) electrons. The van der Waals surface area contributed by atoms with Crippen LogP contribution in [-0.4, -0.2) is 14.2 Å². The summed E-state index contributed by atoms with van der Waals surface area (Å²) < 4.78 is 22.6. The zero-order valence-corrected chi connectivity index (χ0v) is 7.65. The van der Waals surface area contributed by atoms with Gasteiger partial charge >= 0.3 is 0 Å². The van der Waals surface area contributed by atoms with Crippen LogP contribution in [0, 0.1) is 0 Å². The van der Waals surface area contributed by atoms with Crippen molar-refractivity contribution < 1.29 is 8.42 Å². The first-order chi connectivity index (χ1) is 5.17. The molecule has 0 amide bonds. The molecular weight excluding hydrogens is 160 g/mol. The van der Waals surface area contributed by atoms with Gasteiger partial charge in [-0.3, -0.25) is 0 Å². The molecule has 0 bridgehead atoms. The maximum Gasteiger partial charge on any atom is 0.173 e. The first kappa shape index (κ1) is 8.78. The summed E-state index contributed by atoms with van der Waals surface area (Å²) >= 11 is 0. The topological polar surface area (TPSA) is 34.1 Å². The quantitative estimate of drug-likeness (QED) is 0.640. The third kappa shape index (κ3) is 2.06. The summed E-state index contributed by atoms with van der Waals surface area (Å²) in [5.41, 5.74) is 0. The molecule has 0 heterocycles. The van der Waals surface area contributed by atoms with Gasteiger partial charge in [0.2, 0.25) is 0 Å². The highest BCUT2D eigenvalue weighted by atomic mass is 32.2. The van der Waals surface area contributed by atoms with Crippen LogP contribution in [0.4, 0.5) is 0 Å². The molecule has 0 spiro atoms. The van der Waals surface area contributed by atoms with Crippen molar-refractivity contribution in [3.63, 3.8) is 0 Å². The summed E-state index contributed by atoms with van der Waals surface area (Å²) in [6, 6.07) is 0. The van der Waals surface area contributed by atoms with Crippen LogP contribution in [-0.2, 0) is 9.84 Å². The van der Waals surface area contributed by atoms with Gasteiger partial charge in [0.05, 0.1) is 5.75 Å². The van der Waals surface area contributed by atoms with Gasteiger partial charge in [-0.25, -0.2) is 8.42 Å². The summed E-state index contributed by atoms with van der Waals surface area (Å²) in [7, 11) is -2.86. The van der Waals surface area contributed by atoms with Gasteiger partial charge < -0.3 is 0 Å². The molecular formula is C8H14O2S. The Morgan fingerprint density at radius 3 is 2.64 bits per heavy atom. The Labute approximate surface area is 68.2 Å². The molecule has 0 atom stereocenters. The molecule has 0 aromatic carbocycles. The average molecular weight is 174 g/mol. The second kappa shape index (κ2) is 3.39. The van der Waals surface area contributed by atoms with Gasteiger partial charge in [0.15, 0.2) is 9.84 Å². The molecule has 1 rings (SSSR count). The van der Waals surface area contributed by atoms with E-state index in [9.17, 15) is 8.42 Å². The van der Waals surface area contributed by atoms with E-state index in [4.69, 9.17) is 0 Å². The zero-order valence-electron chi connectivity index (χ0n) is 6.84. The number of hydrogen-bond acceptors (Lipinski definition) is 2. The fourth-order valence-electron chi connectivity index (χ4n) is 1.28. The van der Waals surface area contributed by atoms with Gasteiger partial charge in [0.25, 0.3) is 0 Å². The minimum Gasteiger partial charge on any atom is -0.224 e. The van der Waals surface area contributed by atoms with Crippen molar-refractivity contribution in [1.82, 2.24) is 0 Å². The average Bonchev–Trinajstić information content (AvgIpc) is 2.06. The van der Waals surface area contributed by atoms with Crippen LogP contribution in [0.3, 0.4) is 0 Å². The van der Waals surface area contributed by atoms with Crippen LogP contribution in [0.1, 0.15) is 32.6 Å². The van der Waals surface area contributed by atoms with E-state index in [0.29, 0.717) is 4.91 Å². The third-order valence-electron chi connectivity index (χ3n) is 2.03. The van der Waals surface area contributed by atoms with Crippen LogP contribution >= 0.6 is 0 Å². The second-order valence-electron chi connectivity index (χ2n) is 2.82. The molecule has 0 unspecified atom stereocenters. The molecule has 0 fully saturated rings. The van der Waals surface area contributed by atoms with E-state index in [1.165, 1.54) is 0 Å². The lowest BCUT2D eigenvalue weighted by atomic mass is 10.1. The van der Waals surface area contributed by atoms with Gasteiger partial charge in [-0.2, -0.15) is 0 Å². The van der Waals surface area contributed by atoms with E-state index >= 15 is 0 Å². The van der Waals surface area contributed by atoms with E-state index < -0.39 is 9.84 Å². The van der Waals surface area contributed by atoms with E-state index in [1.54, 1.807) is 6.92 Å². The Balaban J connectivity index is 2.81. The molecule has 0 saturated carbocycles. The normalized spacial score (nSPS) is 19.5. The molecule has 0 N–H and O–H groups in total. The monoisotopic (exact) mass is 174 g/mol. The number of rotatable bonds is 2. The highest BCUT2D eigenvalue weighted by Gasteiger charge is 2.16. The van der Waals surface area contributed by atoms with Crippen molar-refractivity contribution >= 4 is 9.84 Å². The van der Waals surface area contributed by atoms with E-state index in [-0.39, 0.29) is 5.75 Å². The van der Waals surface area contributed by atoms with Crippen molar-refractivity contribution in [3.05, 3.63) is 11.0 Å².